The molecule has 0 spiro atoms. The number of hydrogen-bond donors (Lipinski definition) is 2. The summed E-state index contributed by atoms with van der Waals surface area (Å²) in [5, 5.41) is 23.0. The Morgan fingerprint density at radius 3 is 2.94 bits per heavy atom. The lowest BCUT2D eigenvalue weighted by atomic mass is 9.83. The zero-order chi connectivity index (χ0) is 11.9. The van der Waals surface area contributed by atoms with Gasteiger partial charge in [-0.3, -0.25) is 9.48 Å². The van der Waals surface area contributed by atoms with Gasteiger partial charge in [-0.1, -0.05) is 0 Å². The van der Waals surface area contributed by atoms with E-state index in [1.54, 1.807) is 4.68 Å². The largest absolute Gasteiger partial charge is 0.481 e. The molecule has 5 heteroatoms. The molecule has 0 saturated carbocycles. The number of carboxylic acid groups (broad SMARTS) is 1. The van der Waals surface area contributed by atoms with Crippen LogP contribution in [0.2, 0.25) is 0 Å². The SMILES string of the molecule is Cc1nn(C)c2c1C(O)CC(CC(=O)O)C2. The standard InChI is InChI=1S/C11H16N2O3/c1-6-11-8(13(2)12-6)3-7(4-9(11)14)5-10(15)16/h7,9,14H,3-5H2,1-2H3,(H,15,16). The van der Waals surface area contributed by atoms with Gasteiger partial charge in [-0.25, -0.2) is 0 Å². The Morgan fingerprint density at radius 1 is 1.62 bits per heavy atom. The van der Waals surface area contributed by atoms with Gasteiger partial charge >= 0.3 is 5.97 Å². The molecule has 0 bridgehead atoms. The lowest BCUT2D eigenvalue weighted by Gasteiger charge is -2.25. The monoisotopic (exact) mass is 224 g/mol. The highest BCUT2D eigenvalue weighted by Crippen LogP contribution is 2.36. The molecule has 1 aromatic heterocycles. The molecule has 2 N–H and O–H groups in total. The summed E-state index contributed by atoms with van der Waals surface area (Å²) in [5.74, 6) is -0.797. The second-order valence-corrected chi connectivity index (χ2v) is 4.49. The van der Waals surface area contributed by atoms with E-state index in [4.69, 9.17) is 5.11 Å². The molecule has 0 aromatic carbocycles. The normalized spacial score (nSPS) is 24.2. The number of aliphatic hydroxyl groups excluding tert-OH is 1. The average Bonchev–Trinajstić information content (AvgIpc) is 2.41. The van der Waals surface area contributed by atoms with E-state index in [0.29, 0.717) is 12.8 Å². The fraction of sp³-hybridized carbons (Fsp3) is 0.636. The highest BCUT2D eigenvalue weighted by Gasteiger charge is 2.31. The van der Waals surface area contributed by atoms with Gasteiger partial charge < -0.3 is 10.2 Å². The molecule has 2 atom stereocenters. The maximum atomic E-state index is 10.7. The molecule has 2 rings (SSSR count). The molecule has 2 unspecified atom stereocenters. The Morgan fingerprint density at radius 2 is 2.31 bits per heavy atom. The van der Waals surface area contributed by atoms with Crippen molar-refractivity contribution in [2.45, 2.75) is 32.3 Å². The van der Waals surface area contributed by atoms with Crippen molar-refractivity contribution in [3.05, 3.63) is 17.0 Å². The summed E-state index contributed by atoms with van der Waals surface area (Å²) in [7, 11) is 1.84. The third kappa shape index (κ3) is 1.82. The number of aromatic nitrogens is 2. The number of nitrogens with zero attached hydrogens (tertiary/aromatic N) is 2. The van der Waals surface area contributed by atoms with Gasteiger partial charge in [0.25, 0.3) is 0 Å². The molecule has 0 aliphatic heterocycles. The maximum absolute atomic E-state index is 10.7. The minimum atomic E-state index is -0.806. The van der Waals surface area contributed by atoms with Gasteiger partial charge in [0.1, 0.15) is 0 Å². The van der Waals surface area contributed by atoms with E-state index >= 15 is 0 Å². The van der Waals surface area contributed by atoms with Crippen molar-refractivity contribution >= 4 is 5.97 Å². The van der Waals surface area contributed by atoms with E-state index in [-0.39, 0.29) is 12.3 Å². The third-order valence-electron chi connectivity index (χ3n) is 3.23. The van der Waals surface area contributed by atoms with Crippen LogP contribution in [-0.4, -0.2) is 26.0 Å². The molecule has 1 heterocycles. The van der Waals surface area contributed by atoms with Crippen LogP contribution in [0.25, 0.3) is 0 Å². The van der Waals surface area contributed by atoms with E-state index in [2.05, 4.69) is 5.10 Å². The Hall–Kier alpha value is -1.36. The van der Waals surface area contributed by atoms with Crippen LogP contribution in [0.5, 0.6) is 0 Å². The fourth-order valence-corrected chi connectivity index (χ4v) is 2.59. The minimum Gasteiger partial charge on any atom is -0.481 e. The molecule has 1 aliphatic carbocycles. The summed E-state index contributed by atoms with van der Waals surface area (Å²) < 4.78 is 1.75. The Bertz CT molecular complexity index is 425. The summed E-state index contributed by atoms with van der Waals surface area (Å²) >= 11 is 0. The molecule has 0 saturated heterocycles. The molecule has 1 aromatic rings. The van der Waals surface area contributed by atoms with Gasteiger partial charge in [-0.05, 0) is 25.7 Å². The molecule has 0 radical (unpaired) electrons. The molecule has 0 amide bonds. The third-order valence-corrected chi connectivity index (χ3v) is 3.23. The predicted molar refractivity (Wildman–Crippen MR) is 57.0 cm³/mol. The van der Waals surface area contributed by atoms with Gasteiger partial charge in [0, 0.05) is 24.7 Å². The topological polar surface area (TPSA) is 75.3 Å². The number of hydrogen-bond acceptors (Lipinski definition) is 3. The Kier molecular flexibility index (Phi) is 2.71. The van der Waals surface area contributed by atoms with Crippen molar-refractivity contribution in [3.63, 3.8) is 0 Å². The lowest BCUT2D eigenvalue weighted by molar-refractivity contribution is -0.138. The van der Waals surface area contributed by atoms with E-state index in [9.17, 15) is 9.90 Å². The Labute approximate surface area is 93.7 Å². The first-order chi connectivity index (χ1) is 7.49. The number of aliphatic hydroxyl groups is 1. The van der Waals surface area contributed by atoms with Crippen molar-refractivity contribution < 1.29 is 15.0 Å². The average molecular weight is 224 g/mol. The van der Waals surface area contributed by atoms with Crippen LogP contribution in [0.15, 0.2) is 0 Å². The van der Waals surface area contributed by atoms with E-state index in [1.165, 1.54) is 0 Å². The molecule has 88 valence electrons. The lowest BCUT2D eigenvalue weighted by Crippen LogP contribution is -2.22. The van der Waals surface area contributed by atoms with Crippen LogP contribution in [0.1, 0.15) is 35.9 Å². The summed E-state index contributed by atoms with van der Waals surface area (Å²) in [6.45, 7) is 1.87. The summed E-state index contributed by atoms with van der Waals surface area (Å²) in [6, 6.07) is 0. The molecule has 0 fully saturated rings. The fourth-order valence-electron chi connectivity index (χ4n) is 2.59. The van der Waals surface area contributed by atoms with Crippen molar-refractivity contribution in [1.82, 2.24) is 9.78 Å². The number of fused-ring (bicyclic) bond motifs is 1. The predicted octanol–water partition coefficient (Wildman–Crippen LogP) is 0.799. The zero-order valence-corrected chi connectivity index (χ0v) is 9.47. The molecular formula is C11H16N2O3. The number of aliphatic carboxylic acids is 1. The second kappa shape index (κ2) is 3.90. The van der Waals surface area contributed by atoms with E-state index in [0.717, 1.165) is 17.0 Å². The first-order valence-corrected chi connectivity index (χ1v) is 5.41. The molecular weight excluding hydrogens is 208 g/mol. The first kappa shape index (κ1) is 11.1. The minimum absolute atomic E-state index is 0.00907. The quantitative estimate of drug-likeness (QED) is 0.779. The van der Waals surface area contributed by atoms with Crippen molar-refractivity contribution in [2.75, 3.05) is 0 Å². The zero-order valence-electron chi connectivity index (χ0n) is 9.47. The maximum Gasteiger partial charge on any atom is 0.303 e. The summed E-state index contributed by atoms with van der Waals surface area (Å²) in [6.07, 6.45) is 0.754. The Balaban J connectivity index is 2.28. The van der Waals surface area contributed by atoms with E-state index in [1.807, 2.05) is 14.0 Å². The van der Waals surface area contributed by atoms with Crippen LogP contribution < -0.4 is 0 Å². The smallest absolute Gasteiger partial charge is 0.303 e. The molecule has 16 heavy (non-hydrogen) atoms. The molecule has 1 aliphatic rings. The summed E-state index contributed by atoms with van der Waals surface area (Å²) in [4.78, 5) is 10.7. The summed E-state index contributed by atoms with van der Waals surface area (Å²) in [5.41, 5.74) is 2.71. The molecule has 5 nitrogen and oxygen atoms in total. The number of rotatable bonds is 2. The van der Waals surface area contributed by atoms with Gasteiger partial charge in [0.05, 0.1) is 11.8 Å². The van der Waals surface area contributed by atoms with Crippen LogP contribution >= 0.6 is 0 Å². The van der Waals surface area contributed by atoms with Crippen LogP contribution in [0.4, 0.5) is 0 Å². The number of carbonyl (C=O) groups is 1. The van der Waals surface area contributed by atoms with Gasteiger partial charge in [-0.2, -0.15) is 5.10 Å². The van der Waals surface area contributed by atoms with Crippen LogP contribution in [0, 0.1) is 12.8 Å². The number of aryl methyl sites for hydroxylation is 2. The highest BCUT2D eigenvalue weighted by atomic mass is 16.4. The van der Waals surface area contributed by atoms with E-state index < -0.39 is 12.1 Å². The van der Waals surface area contributed by atoms with Crippen molar-refractivity contribution in [3.8, 4) is 0 Å². The van der Waals surface area contributed by atoms with Crippen LogP contribution in [0.3, 0.4) is 0 Å². The first-order valence-electron chi connectivity index (χ1n) is 5.41. The van der Waals surface area contributed by atoms with Gasteiger partial charge in [0.15, 0.2) is 0 Å². The highest BCUT2D eigenvalue weighted by molar-refractivity contribution is 5.67. The van der Waals surface area contributed by atoms with Crippen LogP contribution in [-0.2, 0) is 18.3 Å². The second-order valence-electron chi connectivity index (χ2n) is 4.49. The van der Waals surface area contributed by atoms with Gasteiger partial charge in [-0.15, -0.1) is 0 Å². The van der Waals surface area contributed by atoms with Crippen molar-refractivity contribution in [1.29, 1.82) is 0 Å². The van der Waals surface area contributed by atoms with Crippen molar-refractivity contribution in [2.24, 2.45) is 13.0 Å². The van der Waals surface area contributed by atoms with Gasteiger partial charge in [0.2, 0.25) is 0 Å². The number of carboxylic acids is 1.